The van der Waals surface area contributed by atoms with Crippen LogP contribution in [0.4, 0.5) is 65.9 Å². The molecular weight excluding hydrogens is 2010 g/mol. The van der Waals surface area contributed by atoms with E-state index in [-0.39, 0.29) is 48.4 Å². The average molecular weight is 2100 g/mol. The molecule has 15 aromatic carbocycles. The van der Waals surface area contributed by atoms with Crippen LogP contribution in [0.2, 0.25) is 13.1 Å². The zero-order valence-electron chi connectivity index (χ0n) is 83.0. The van der Waals surface area contributed by atoms with Crippen LogP contribution in [0.15, 0.2) is 214 Å². The van der Waals surface area contributed by atoms with Crippen molar-refractivity contribution < 1.29 is 123 Å². The van der Waals surface area contributed by atoms with Crippen molar-refractivity contribution in [1.82, 2.24) is 0 Å². The summed E-state index contributed by atoms with van der Waals surface area (Å²) in [6.45, 7) is 38.6. The van der Waals surface area contributed by atoms with Crippen molar-refractivity contribution in [3.63, 3.8) is 0 Å². The van der Waals surface area contributed by atoms with Gasteiger partial charge in [0, 0.05) is 121 Å². The molecule has 5 aliphatic heterocycles. The molecule has 5 heterocycles. The lowest BCUT2D eigenvalue weighted by atomic mass is 9.61. The second-order valence-electron chi connectivity index (χ2n) is 39.0. The molecule has 21 rings (SSSR count). The molecule has 0 saturated heterocycles. The number of carbonyl (C=O) groups excluding carboxylic acids is 5. The largest absolute Gasteiger partial charge is 0.545 e. The van der Waals surface area contributed by atoms with Crippen LogP contribution in [-0.2, 0) is 35.9 Å². The van der Waals surface area contributed by atoms with Gasteiger partial charge in [-0.25, -0.2) is 83.9 Å². The fourth-order valence-corrected chi connectivity index (χ4v) is 27.1. The van der Waals surface area contributed by atoms with Gasteiger partial charge in [0.15, 0.2) is 69.4 Å². The summed E-state index contributed by atoms with van der Waals surface area (Å²) in [7, 11) is -6.34. The number of fused-ring (bicyclic) bond motifs is 16. The lowest BCUT2D eigenvalue weighted by Gasteiger charge is -2.44. The molecule has 0 aromatic heterocycles. The Kier molecular flexibility index (Phi) is 26.9. The van der Waals surface area contributed by atoms with E-state index in [0.717, 1.165) is 85.4 Å². The van der Waals surface area contributed by atoms with E-state index in [9.17, 15) is 91.6 Å². The maximum Gasteiger partial charge on any atom is 0.343 e. The molecule has 762 valence electrons. The van der Waals surface area contributed by atoms with Crippen molar-refractivity contribution in [3.8, 4) is 0 Å². The third kappa shape index (κ3) is 16.6. The Hall–Kier alpha value is -15.7. The third-order valence-corrected chi connectivity index (χ3v) is 34.9. The maximum atomic E-state index is 15.7. The van der Waals surface area contributed by atoms with Gasteiger partial charge in [0.05, 0.1) is 38.8 Å². The van der Waals surface area contributed by atoms with Crippen molar-refractivity contribution in [2.75, 3.05) is 0 Å². The Bertz CT molecular complexity index is 8800. The molecule has 0 N–H and O–H groups in total. The first-order chi connectivity index (χ1) is 70.4. The van der Waals surface area contributed by atoms with Crippen LogP contribution in [0.25, 0.3) is 36.5 Å². The molecule has 0 atom stereocenters. The zero-order chi connectivity index (χ0) is 109. The molecule has 30 heteroatoms. The molecule has 12 nitrogen and oxygen atoms in total. The average Bonchev–Trinajstić information content (AvgIpc) is 1.48. The van der Waals surface area contributed by atoms with Crippen molar-refractivity contribution in [2.24, 2.45) is 0 Å². The van der Waals surface area contributed by atoms with E-state index in [2.05, 4.69) is 46.7 Å². The minimum Gasteiger partial charge on any atom is -0.545 e. The monoisotopic (exact) mass is 2100 g/mol. The molecule has 0 amide bonds. The first-order valence-corrected chi connectivity index (χ1v) is 51.8. The number of rotatable bonds is 7. The summed E-state index contributed by atoms with van der Waals surface area (Å²) in [4.78, 5) is 61.9. The number of carboxylic acid groups (broad SMARTS) is 3. The van der Waals surface area contributed by atoms with E-state index < -0.39 is 224 Å². The number of benzene rings is 15. The van der Waals surface area contributed by atoms with E-state index in [1.54, 1.807) is 104 Å². The molecule has 6 aliphatic rings. The minimum absolute atomic E-state index is 0.0262. The topological polar surface area (TPSA) is 207 Å². The number of hydrogen-bond donors (Lipinski definition) is 0. The third-order valence-electron chi connectivity index (χ3n) is 28.4. The summed E-state index contributed by atoms with van der Waals surface area (Å²) in [6.07, 6.45) is 0. The Balaban J connectivity index is 0.000000128. The summed E-state index contributed by atoms with van der Waals surface area (Å²) in [6, 6.07) is 55.1. The highest BCUT2D eigenvalue weighted by Gasteiger charge is 2.61. The number of carbonyl (C=O) groups is 5. The number of esters is 2. The van der Waals surface area contributed by atoms with Crippen LogP contribution >= 0.6 is 11.8 Å². The van der Waals surface area contributed by atoms with Crippen molar-refractivity contribution in [3.05, 3.63) is 485 Å². The number of hydrogen-bond acceptors (Lipinski definition) is 13. The second kappa shape index (κ2) is 38.2. The lowest BCUT2D eigenvalue weighted by molar-refractivity contribution is -0.256. The second-order valence-corrected chi connectivity index (χ2v) is 46.3. The molecule has 1 aliphatic carbocycles. The van der Waals surface area contributed by atoms with Gasteiger partial charge >= 0.3 is 11.9 Å². The van der Waals surface area contributed by atoms with Gasteiger partial charge in [-0.15, -0.1) is 0 Å². The predicted molar refractivity (Wildman–Crippen MR) is 534 cm³/mol. The number of ether oxygens (including phenoxy) is 2. The van der Waals surface area contributed by atoms with Crippen molar-refractivity contribution in [2.45, 2.75) is 146 Å². The summed E-state index contributed by atoms with van der Waals surface area (Å²) < 4.78 is 260. The lowest BCUT2D eigenvalue weighted by Crippen LogP contribution is -2.63. The number of aromatic carboxylic acids is 3. The molecule has 0 fully saturated rings. The molecular formula is C120H86F15O12S2Si-3. The van der Waals surface area contributed by atoms with Gasteiger partial charge < -0.3 is 39.2 Å². The fourth-order valence-electron chi connectivity index (χ4n) is 20.7. The number of sulfone groups is 1. The zero-order valence-corrected chi connectivity index (χ0v) is 85.6. The van der Waals surface area contributed by atoms with Crippen LogP contribution in [0.5, 0.6) is 0 Å². The summed E-state index contributed by atoms with van der Waals surface area (Å²) in [5.74, 6) is -29.0. The molecule has 0 bridgehead atoms. The molecule has 150 heavy (non-hydrogen) atoms. The predicted octanol–water partition coefficient (Wildman–Crippen LogP) is 18.6. The van der Waals surface area contributed by atoms with Gasteiger partial charge in [-0.3, -0.25) is 0 Å². The summed E-state index contributed by atoms with van der Waals surface area (Å²) >= 11 is 1.43. The summed E-state index contributed by atoms with van der Waals surface area (Å²) in [5, 5.41) is 39.7. The fraction of sp³-hybridized carbons (Fsp3) is 0.158. The number of carboxylic acids is 3. The van der Waals surface area contributed by atoms with Gasteiger partial charge in [0.25, 0.3) is 0 Å². The van der Waals surface area contributed by atoms with Crippen LogP contribution < -0.4 is 57.0 Å². The van der Waals surface area contributed by atoms with E-state index in [0.29, 0.717) is 65.0 Å². The number of aryl methyl sites for hydroxylation is 7. The van der Waals surface area contributed by atoms with Crippen molar-refractivity contribution >= 4 is 106 Å². The molecule has 0 radical (unpaired) electrons. The quantitative estimate of drug-likeness (QED) is 0.0630. The molecule has 2 spiro atoms. The van der Waals surface area contributed by atoms with Crippen LogP contribution in [-0.4, -0.2) is 46.3 Å². The van der Waals surface area contributed by atoms with E-state index in [1.165, 1.54) is 55.9 Å². The van der Waals surface area contributed by atoms with E-state index >= 15 is 22.0 Å². The normalized spacial score (nSPS) is 14.5. The highest BCUT2D eigenvalue weighted by Crippen LogP contribution is 2.59. The van der Waals surface area contributed by atoms with Crippen LogP contribution in [0.3, 0.4) is 0 Å². The highest BCUT2D eigenvalue weighted by molar-refractivity contribution is 7.99. The minimum atomic E-state index is -4.08. The van der Waals surface area contributed by atoms with Gasteiger partial charge in [0.2, 0.25) is 9.84 Å². The van der Waals surface area contributed by atoms with E-state index in [4.69, 9.17) is 9.47 Å². The van der Waals surface area contributed by atoms with Gasteiger partial charge in [-0.2, -0.15) is 0 Å². The smallest absolute Gasteiger partial charge is 0.343 e. The Morgan fingerprint density at radius 2 is 0.687 bits per heavy atom. The standard InChI is InChI=1S/C26H21F3O2.C25H21F3O2Si.C23H15F3O4S.C23H15F3O2S.C23H17F3O2/c1-12-6-8-15-17(10-12)25(4,5)18-11-13(2)7-9-16(18)26(15)20-19(24(30)31-26)23(29)22(28)14(3)21(20)27;1-12-6-8-15-17(10-12)31(4,5)18-11-13(2)7-9-16(18)25(15)20-19(24(29)30-25)23(28)22(27)14(3)21(20)26;1-10-4-6-13-15(8-10)31(29,30)16-9-11(2)5-7-14(16)17(13)18-19(23(27)28)22(26)21(25)12(3)20(18)24;1-10-4-6-13-15(8-10)29-16-9-11(2)5-7-14(16)17(13)18-19(23(27)28)22(26)21(25)12(3)20(18)24;1-12-4-8-15(9-5-12)17(16-10-6-13(2)7-11-16)18-19(23(27)28)22(26)21(25)14(3)20(18)24/h2*6-11H,1-5H3;4-9H,1H2,2-3H3,(H,27,28);4-9H,1H2,2-3H3,(H,27,28);4-11H,1H2,2-3H3,(H,27,28)/p-3. The van der Waals surface area contributed by atoms with Gasteiger partial charge in [-0.05, 0) is 183 Å². The van der Waals surface area contributed by atoms with Gasteiger partial charge in [-0.1, -0.05) is 256 Å². The van der Waals surface area contributed by atoms with E-state index in [1.807, 2.05) is 108 Å². The Morgan fingerprint density at radius 1 is 0.327 bits per heavy atom. The first-order valence-electron chi connectivity index (χ1n) is 46.5. The van der Waals surface area contributed by atoms with Crippen LogP contribution in [0.1, 0.15) is 210 Å². The van der Waals surface area contributed by atoms with Gasteiger partial charge in [0.1, 0.15) is 48.3 Å². The number of halogens is 15. The maximum absolute atomic E-state index is 15.7. The Morgan fingerprint density at radius 3 is 1.15 bits per heavy atom. The molecule has 0 saturated carbocycles. The van der Waals surface area contributed by atoms with Crippen molar-refractivity contribution in [1.29, 1.82) is 0 Å². The SMILES string of the molecule is C=c1ccc(=C(c2ccc(C)cc2)c2c(F)c(C)c(F)c(F)c2C(=O)[O-])cc1.C=c1ccc2c(c1)S(=O)(=O)c1cc(C)ccc1C=2c1c(F)c(C)c(F)c(F)c1C(=O)[O-].C=c1ccc2c(c1)Sc1cc(C)ccc1C=2c1c(F)c(C)c(F)c(F)c1C(=O)[O-].Cc1ccc2c(c1)C(C)(C)c1cc(C)ccc1C21OC(=O)c2c(F)c(F)c(C)c(F)c21.Cc1ccc2c(c1)[Si](C)(C)c1cc(C)ccc1C21OC(=O)c2c(F)c(F)c(C)c(F)c21. The Labute approximate surface area is 855 Å². The summed E-state index contributed by atoms with van der Waals surface area (Å²) in [5.41, 5.74) is -2.18. The molecule has 0 unspecified atom stereocenters. The first kappa shape index (κ1) is 106. The van der Waals surface area contributed by atoms with Crippen LogP contribution in [0, 0.1) is 170 Å². The molecule has 15 aromatic rings. The highest BCUT2D eigenvalue weighted by atomic mass is 32.2.